The Morgan fingerprint density at radius 3 is 2.06 bits per heavy atom. The summed E-state index contributed by atoms with van der Waals surface area (Å²) in [5.41, 5.74) is 4.48. The van der Waals surface area contributed by atoms with E-state index < -0.39 is 30.1 Å². The van der Waals surface area contributed by atoms with Gasteiger partial charge in [0.15, 0.2) is 0 Å². The van der Waals surface area contributed by atoms with Crippen LogP contribution in [0, 0.1) is 11.8 Å². The molecular formula is C26H30N2O5. The van der Waals surface area contributed by atoms with Gasteiger partial charge in [0.25, 0.3) is 0 Å². The maximum atomic E-state index is 12.8. The smallest absolute Gasteiger partial charge is 0.407 e. The number of hydrogen-bond donors (Lipinski definition) is 3. The van der Waals surface area contributed by atoms with E-state index in [4.69, 9.17) is 4.74 Å². The number of rotatable bonds is 9. The summed E-state index contributed by atoms with van der Waals surface area (Å²) in [5.74, 6) is -1.53. The SMILES string of the molecule is CC(C)[C@@H](NC(=O)OCC1c2ccccc2-c2ccccc21)C(=O)NC(CC1CC1)C(=O)O. The van der Waals surface area contributed by atoms with Crippen LogP contribution >= 0.6 is 0 Å². The van der Waals surface area contributed by atoms with Crippen LogP contribution in [-0.4, -0.2) is 41.8 Å². The molecule has 33 heavy (non-hydrogen) atoms. The van der Waals surface area contributed by atoms with Crippen molar-refractivity contribution in [2.45, 2.75) is 51.1 Å². The molecule has 0 aliphatic heterocycles. The lowest BCUT2D eigenvalue weighted by Crippen LogP contribution is -2.54. The number of carboxylic acid groups (broad SMARTS) is 1. The molecule has 1 fully saturated rings. The summed E-state index contributed by atoms with van der Waals surface area (Å²) in [4.78, 5) is 36.9. The molecule has 0 bridgehead atoms. The third-order valence-corrected chi connectivity index (χ3v) is 6.45. The Hall–Kier alpha value is -3.35. The van der Waals surface area contributed by atoms with Gasteiger partial charge in [-0.3, -0.25) is 4.79 Å². The standard InChI is InChI=1S/C26H30N2O5/c1-15(2)23(24(29)27-22(25(30)31)13-16-11-12-16)28-26(32)33-14-21-19-9-5-3-7-17(19)18-8-4-6-10-20(18)21/h3-10,15-16,21-23H,11-14H2,1-2H3,(H,27,29)(H,28,32)(H,30,31)/t22?,23-/m1/s1. The van der Waals surface area contributed by atoms with E-state index in [0.717, 1.165) is 35.1 Å². The van der Waals surface area contributed by atoms with Gasteiger partial charge in [-0.05, 0) is 40.5 Å². The Labute approximate surface area is 193 Å². The van der Waals surface area contributed by atoms with Crippen LogP contribution in [0.3, 0.4) is 0 Å². The van der Waals surface area contributed by atoms with Crippen molar-refractivity contribution in [1.29, 1.82) is 0 Å². The third-order valence-electron chi connectivity index (χ3n) is 6.45. The van der Waals surface area contributed by atoms with Crippen molar-refractivity contribution in [1.82, 2.24) is 10.6 Å². The zero-order valence-corrected chi connectivity index (χ0v) is 18.9. The van der Waals surface area contributed by atoms with Crippen LogP contribution in [-0.2, 0) is 14.3 Å². The first kappa shape index (κ1) is 22.8. The molecule has 1 unspecified atom stereocenters. The van der Waals surface area contributed by atoms with Crippen LogP contribution in [0.15, 0.2) is 48.5 Å². The molecule has 0 spiro atoms. The van der Waals surface area contributed by atoms with Gasteiger partial charge in [-0.1, -0.05) is 75.2 Å². The second kappa shape index (κ2) is 9.65. The monoisotopic (exact) mass is 450 g/mol. The van der Waals surface area contributed by atoms with Crippen molar-refractivity contribution in [2.24, 2.45) is 11.8 Å². The fraction of sp³-hybridized carbons (Fsp3) is 0.423. The average molecular weight is 451 g/mol. The maximum Gasteiger partial charge on any atom is 0.407 e. The van der Waals surface area contributed by atoms with Crippen LogP contribution in [0.25, 0.3) is 11.1 Å². The molecule has 7 heteroatoms. The lowest BCUT2D eigenvalue weighted by molar-refractivity contribution is -0.142. The summed E-state index contributed by atoms with van der Waals surface area (Å²) < 4.78 is 5.55. The number of ether oxygens (including phenoxy) is 1. The minimum Gasteiger partial charge on any atom is -0.480 e. The van der Waals surface area contributed by atoms with E-state index in [9.17, 15) is 19.5 Å². The first-order chi connectivity index (χ1) is 15.8. The van der Waals surface area contributed by atoms with E-state index in [2.05, 4.69) is 22.8 Å². The number of carbonyl (C=O) groups is 3. The highest BCUT2D eigenvalue weighted by Gasteiger charge is 2.34. The molecule has 0 radical (unpaired) electrons. The highest BCUT2D eigenvalue weighted by atomic mass is 16.5. The topological polar surface area (TPSA) is 105 Å². The van der Waals surface area contributed by atoms with E-state index in [1.807, 2.05) is 36.4 Å². The number of aliphatic carboxylic acids is 1. The van der Waals surface area contributed by atoms with Gasteiger partial charge in [-0.15, -0.1) is 0 Å². The van der Waals surface area contributed by atoms with Gasteiger partial charge in [0.05, 0.1) is 0 Å². The van der Waals surface area contributed by atoms with Gasteiger partial charge in [0, 0.05) is 5.92 Å². The molecule has 174 valence electrons. The van der Waals surface area contributed by atoms with Gasteiger partial charge in [0.2, 0.25) is 5.91 Å². The number of nitrogens with one attached hydrogen (secondary N) is 2. The highest BCUT2D eigenvalue weighted by Crippen LogP contribution is 2.44. The fourth-order valence-electron chi connectivity index (χ4n) is 4.47. The Morgan fingerprint density at radius 2 is 1.55 bits per heavy atom. The molecule has 2 aromatic carbocycles. The summed E-state index contributed by atoms with van der Waals surface area (Å²) in [6.07, 6.45) is 1.70. The number of hydrogen-bond acceptors (Lipinski definition) is 4. The third kappa shape index (κ3) is 5.18. The number of alkyl carbamates (subject to hydrolysis) is 1. The molecule has 3 N–H and O–H groups in total. The average Bonchev–Trinajstić information content (AvgIpc) is 3.56. The summed E-state index contributed by atoms with van der Waals surface area (Å²) in [6, 6.07) is 14.3. The quantitative estimate of drug-likeness (QED) is 0.537. The largest absolute Gasteiger partial charge is 0.480 e. The normalized spacial score (nSPS) is 16.5. The number of benzene rings is 2. The van der Waals surface area contributed by atoms with Gasteiger partial charge in [-0.2, -0.15) is 0 Å². The molecule has 0 aromatic heterocycles. The van der Waals surface area contributed by atoms with Crippen molar-refractivity contribution in [2.75, 3.05) is 6.61 Å². The first-order valence-corrected chi connectivity index (χ1v) is 11.5. The molecular weight excluding hydrogens is 420 g/mol. The molecule has 2 aliphatic rings. The van der Waals surface area contributed by atoms with E-state index >= 15 is 0 Å². The highest BCUT2D eigenvalue weighted by molar-refractivity contribution is 5.89. The number of amides is 2. The van der Waals surface area contributed by atoms with Gasteiger partial charge >= 0.3 is 12.1 Å². The number of carbonyl (C=O) groups excluding carboxylic acids is 2. The predicted molar refractivity (Wildman–Crippen MR) is 124 cm³/mol. The molecule has 2 amide bonds. The summed E-state index contributed by atoms with van der Waals surface area (Å²) >= 11 is 0. The Kier molecular flexibility index (Phi) is 6.67. The van der Waals surface area contributed by atoms with Crippen LogP contribution in [0.2, 0.25) is 0 Å². The van der Waals surface area contributed by atoms with Crippen molar-refractivity contribution in [3.63, 3.8) is 0 Å². The van der Waals surface area contributed by atoms with Gasteiger partial charge in [0.1, 0.15) is 18.7 Å². The maximum absolute atomic E-state index is 12.8. The van der Waals surface area contributed by atoms with E-state index in [-0.39, 0.29) is 18.4 Å². The molecule has 2 atom stereocenters. The van der Waals surface area contributed by atoms with Crippen LogP contribution < -0.4 is 10.6 Å². The lowest BCUT2D eigenvalue weighted by Gasteiger charge is -2.24. The summed E-state index contributed by atoms with van der Waals surface area (Å²) in [6.45, 7) is 3.74. The summed E-state index contributed by atoms with van der Waals surface area (Å²) in [5, 5.41) is 14.7. The van der Waals surface area contributed by atoms with Crippen molar-refractivity contribution in [3.8, 4) is 11.1 Å². The van der Waals surface area contributed by atoms with Gasteiger partial charge < -0.3 is 20.5 Å². The number of fused-ring (bicyclic) bond motifs is 3. The van der Waals surface area contributed by atoms with E-state index in [1.54, 1.807) is 13.8 Å². The van der Waals surface area contributed by atoms with E-state index in [1.165, 1.54) is 0 Å². The molecule has 4 rings (SSSR count). The van der Waals surface area contributed by atoms with Crippen molar-refractivity contribution >= 4 is 18.0 Å². The van der Waals surface area contributed by atoms with Crippen LogP contribution in [0.5, 0.6) is 0 Å². The molecule has 7 nitrogen and oxygen atoms in total. The van der Waals surface area contributed by atoms with Crippen LogP contribution in [0.1, 0.15) is 50.2 Å². The van der Waals surface area contributed by atoms with Crippen molar-refractivity contribution < 1.29 is 24.2 Å². The zero-order valence-electron chi connectivity index (χ0n) is 18.9. The molecule has 0 saturated heterocycles. The second-order valence-electron chi connectivity index (χ2n) is 9.27. The van der Waals surface area contributed by atoms with Gasteiger partial charge in [-0.25, -0.2) is 9.59 Å². The Bertz CT molecular complexity index is 1000. The van der Waals surface area contributed by atoms with E-state index in [0.29, 0.717) is 12.3 Å². The fourth-order valence-corrected chi connectivity index (χ4v) is 4.47. The second-order valence-corrected chi connectivity index (χ2v) is 9.27. The molecule has 0 heterocycles. The first-order valence-electron chi connectivity index (χ1n) is 11.5. The lowest BCUT2D eigenvalue weighted by atomic mass is 9.98. The van der Waals surface area contributed by atoms with Crippen molar-refractivity contribution in [3.05, 3.63) is 59.7 Å². The predicted octanol–water partition coefficient (Wildman–Crippen LogP) is 3.92. The molecule has 2 aliphatic carbocycles. The zero-order chi connectivity index (χ0) is 23.5. The Morgan fingerprint density at radius 1 is 0.970 bits per heavy atom. The number of carboxylic acids is 1. The summed E-state index contributed by atoms with van der Waals surface area (Å²) in [7, 11) is 0. The molecule has 1 saturated carbocycles. The van der Waals surface area contributed by atoms with Crippen LogP contribution in [0.4, 0.5) is 4.79 Å². The Balaban J connectivity index is 1.38. The minimum atomic E-state index is -1.06. The molecule has 2 aromatic rings. The minimum absolute atomic E-state index is 0.0793.